The second kappa shape index (κ2) is 7.18. The van der Waals surface area contributed by atoms with Gasteiger partial charge >= 0.3 is 0 Å². The largest absolute Gasteiger partial charge is 0.342 e. The Morgan fingerprint density at radius 2 is 1.79 bits per heavy atom. The van der Waals surface area contributed by atoms with Crippen LogP contribution >= 0.6 is 11.8 Å². The first-order chi connectivity index (χ1) is 11.5. The van der Waals surface area contributed by atoms with Crippen LogP contribution in [0.4, 0.5) is 0 Å². The third-order valence-corrected chi connectivity index (χ3v) is 6.59. The number of thioether (sulfide) groups is 1. The van der Waals surface area contributed by atoms with Crippen LogP contribution in [0.25, 0.3) is 0 Å². The van der Waals surface area contributed by atoms with Crippen molar-refractivity contribution in [2.24, 2.45) is 5.92 Å². The number of hydrogen-bond donors (Lipinski definition) is 0. The summed E-state index contributed by atoms with van der Waals surface area (Å²) in [5.74, 6) is 1.50. The Bertz CT molecular complexity index is 595. The highest BCUT2D eigenvalue weighted by Gasteiger charge is 2.47. The van der Waals surface area contributed by atoms with Gasteiger partial charge in [-0.3, -0.25) is 9.59 Å². The molecule has 24 heavy (non-hydrogen) atoms. The second-order valence-corrected chi connectivity index (χ2v) is 8.44. The topological polar surface area (TPSA) is 40.6 Å². The van der Waals surface area contributed by atoms with Crippen LogP contribution in [-0.4, -0.2) is 51.9 Å². The van der Waals surface area contributed by atoms with Gasteiger partial charge in [-0.15, -0.1) is 11.8 Å². The highest BCUT2D eigenvalue weighted by molar-refractivity contribution is 8.00. The smallest absolute Gasteiger partial charge is 0.226 e. The van der Waals surface area contributed by atoms with Crippen LogP contribution < -0.4 is 0 Å². The minimum Gasteiger partial charge on any atom is -0.342 e. The summed E-state index contributed by atoms with van der Waals surface area (Å²) in [4.78, 5) is 29.0. The molecular weight excluding hydrogens is 320 g/mol. The zero-order valence-electron chi connectivity index (χ0n) is 14.5. The SMILES string of the molecule is CC(C)C(=O)N1CCSC12CCN(C(=O)Cc1ccccc1)CC2. The standard InChI is InChI=1S/C19H26N2O2S/c1-15(2)18(23)21-12-13-24-19(21)8-10-20(11-9-19)17(22)14-16-6-4-3-5-7-16/h3-7,15H,8-14H2,1-2H3. The third kappa shape index (κ3) is 3.46. The van der Waals surface area contributed by atoms with Crippen LogP contribution in [0, 0.1) is 5.92 Å². The molecule has 2 fully saturated rings. The Kier molecular flexibility index (Phi) is 5.18. The molecule has 130 valence electrons. The van der Waals surface area contributed by atoms with E-state index in [1.807, 2.05) is 60.8 Å². The molecule has 0 aromatic heterocycles. The molecule has 4 nitrogen and oxygen atoms in total. The Hall–Kier alpha value is -1.49. The predicted molar refractivity (Wildman–Crippen MR) is 97.7 cm³/mol. The van der Waals surface area contributed by atoms with E-state index < -0.39 is 0 Å². The van der Waals surface area contributed by atoms with Crippen molar-refractivity contribution in [3.8, 4) is 0 Å². The molecule has 0 bridgehead atoms. The highest BCUT2D eigenvalue weighted by atomic mass is 32.2. The lowest BCUT2D eigenvalue weighted by molar-refractivity contribution is -0.139. The lowest BCUT2D eigenvalue weighted by Gasteiger charge is -2.44. The van der Waals surface area contributed by atoms with E-state index in [1.165, 1.54) is 0 Å². The van der Waals surface area contributed by atoms with Gasteiger partial charge in [0.25, 0.3) is 0 Å². The maximum atomic E-state index is 12.5. The van der Waals surface area contributed by atoms with Crippen LogP contribution in [0.3, 0.4) is 0 Å². The first-order valence-electron chi connectivity index (χ1n) is 8.79. The van der Waals surface area contributed by atoms with E-state index in [0.717, 1.165) is 43.8 Å². The first kappa shape index (κ1) is 17.3. The molecule has 2 saturated heterocycles. The molecule has 2 aliphatic rings. The van der Waals surface area contributed by atoms with Crippen LogP contribution in [-0.2, 0) is 16.0 Å². The number of carbonyl (C=O) groups excluding carboxylic acids is 2. The van der Waals surface area contributed by atoms with Crippen molar-refractivity contribution in [2.75, 3.05) is 25.4 Å². The molecule has 5 heteroatoms. The van der Waals surface area contributed by atoms with Gasteiger partial charge in [-0.2, -0.15) is 0 Å². The van der Waals surface area contributed by atoms with E-state index in [4.69, 9.17) is 0 Å². The summed E-state index contributed by atoms with van der Waals surface area (Å²) in [6.07, 6.45) is 2.24. The summed E-state index contributed by atoms with van der Waals surface area (Å²) in [5, 5.41) is 0. The average Bonchev–Trinajstić information content (AvgIpc) is 2.98. The molecule has 0 N–H and O–H groups in total. The monoisotopic (exact) mass is 346 g/mol. The van der Waals surface area contributed by atoms with Gasteiger partial charge in [0, 0.05) is 31.3 Å². The molecule has 0 radical (unpaired) electrons. The molecule has 1 spiro atoms. The molecule has 0 atom stereocenters. The Morgan fingerprint density at radius 3 is 2.42 bits per heavy atom. The van der Waals surface area contributed by atoms with Crippen LogP contribution in [0.1, 0.15) is 32.3 Å². The lowest BCUT2D eigenvalue weighted by atomic mass is 9.99. The number of hydrogen-bond acceptors (Lipinski definition) is 3. The van der Waals surface area contributed by atoms with Crippen molar-refractivity contribution in [1.82, 2.24) is 9.80 Å². The lowest BCUT2D eigenvalue weighted by Crippen LogP contribution is -2.54. The van der Waals surface area contributed by atoms with Crippen molar-refractivity contribution in [1.29, 1.82) is 0 Å². The maximum absolute atomic E-state index is 12.5. The average molecular weight is 346 g/mol. The number of piperidine rings is 1. The highest BCUT2D eigenvalue weighted by Crippen LogP contribution is 2.44. The molecule has 2 heterocycles. The molecule has 0 aliphatic carbocycles. The molecule has 3 rings (SSSR count). The van der Waals surface area contributed by atoms with E-state index in [9.17, 15) is 9.59 Å². The molecule has 1 aromatic carbocycles. The molecule has 0 saturated carbocycles. The van der Waals surface area contributed by atoms with Gasteiger partial charge < -0.3 is 9.80 Å². The number of rotatable bonds is 3. The van der Waals surface area contributed by atoms with Crippen LogP contribution in [0.5, 0.6) is 0 Å². The van der Waals surface area contributed by atoms with Crippen molar-refractivity contribution in [3.05, 3.63) is 35.9 Å². The molecule has 1 aromatic rings. The third-order valence-electron chi connectivity index (χ3n) is 5.03. The van der Waals surface area contributed by atoms with Gasteiger partial charge in [0.05, 0.1) is 11.3 Å². The van der Waals surface area contributed by atoms with Gasteiger partial charge in [0.2, 0.25) is 11.8 Å². The second-order valence-electron chi connectivity index (χ2n) is 6.98. The van der Waals surface area contributed by atoms with Gasteiger partial charge in [-0.05, 0) is 18.4 Å². The zero-order chi connectivity index (χ0) is 17.2. The van der Waals surface area contributed by atoms with Gasteiger partial charge in [-0.1, -0.05) is 44.2 Å². The van der Waals surface area contributed by atoms with E-state index in [1.54, 1.807) is 0 Å². The number of benzene rings is 1. The van der Waals surface area contributed by atoms with Crippen molar-refractivity contribution >= 4 is 23.6 Å². The van der Waals surface area contributed by atoms with Crippen LogP contribution in [0.2, 0.25) is 0 Å². The molecule has 2 amide bonds. The van der Waals surface area contributed by atoms with Gasteiger partial charge in [0.15, 0.2) is 0 Å². The number of amides is 2. The van der Waals surface area contributed by atoms with E-state index >= 15 is 0 Å². The quantitative estimate of drug-likeness (QED) is 0.845. The van der Waals surface area contributed by atoms with Crippen molar-refractivity contribution in [2.45, 2.75) is 38.0 Å². The van der Waals surface area contributed by atoms with E-state index in [0.29, 0.717) is 6.42 Å². The minimum absolute atomic E-state index is 0.0401. The van der Waals surface area contributed by atoms with Crippen molar-refractivity contribution < 1.29 is 9.59 Å². The van der Waals surface area contributed by atoms with Gasteiger partial charge in [-0.25, -0.2) is 0 Å². The van der Waals surface area contributed by atoms with E-state index in [-0.39, 0.29) is 22.6 Å². The van der Waals surface area contributed by atoms with E-state index in [2.05, 4.69) is 4.90 Å². The minimum atomic E-state index is -0.0785. The van der Waals surface area contributed by atoms with Gasteiger partial charge in [0.1, 0.15) is 0 Å². The normalized spacial score (nSPS) is 20.0. The Labute approximate surface area is 148 Å². The van der Waals surface area contributed by atoms with Crippen LogP contribution in [0.15, 0.2) is 30.3 Å². The zero-order valence-corrected chi connectivity index (χ0v) is 15.3. The predicted octanol–water partition coefficient (Wildman–Crippen LogP) is 2.78. The first-order valence-corrected chi connectivity index (χ1v) is 9.77. The summed E-state index contributed by atoms with van der Waals surface area (Å²) in [7, 11) is 0. The fourth-order valence-corrected chi connectivity index (χ4v) is 5.10. The Morgan fingerprint density at radius 1 is 1.12 bits per heavy atom. The number of carbonyl (C=O) groups is 2. The summed E-state index contributed by atoms with van der Waals surface area (Å²) in [5.41, 5.74) is 1.06. The maximum Gasteiger partial charge on any atom is 0.226 e. The summed E-state index contributed by atoms with van der Waals surface area (Å²) < 4.78 is 0. The number of nitrogens with zero attached hydrogens (tertiary/aromatic N) is 2. The number of likely N-dealkylation sites (tertiary alicyclic amines) is 1. The summed E-state index contributed by atoms with van der Waals surface area (Å²) in [6.45, 7) is 6.29. The van der Waals surface area contributed by atoms with Crippen molar-refractivity contribution in [3.63, 3.8) is 0 Å². The molecular formula is C19H26N2O2S. The Balaban J connectivity index is 1.61. The fraction of sp³-hybridized carbons (Fsp3) is 0.579. The summed E-state index contributed by atoms with van der Waals surface area (Å²) >= 11 is 1.90. The summed E-state index contributed by atoms with van der Waals surface area (Å²) in [6, 6.07) is 9.91. The molecule has 0 unspecified atom stereocenters. The molecule has 2 aliphatic heterocycles. The fourth-order valence-electron chi connectivity index (χ4n) is 3.63.